The van der Waals surface area contributed by atoms with Gasteiger partial charge in [0.05, 0.1) is 18.6 Å². The molecule has 1 aliphatic rings. The van der Waals surface area contributed by atoms with E-state index in [0.29, 0.717) is 5.82 Å². The number of fused-ring (bicyclic) bond motifs is 1. The van der Waals surface area contributed by atoms with Gasteiger partial charge in [0.15, 0.2) is 0 Å². The second kappa shape index (κ2) is 4.24. The van der Waals surface area contributed by atoms with Crippen molar-refractivity contribution in [3.8, 4) is 0 Å². The Labute approximate surface area is 100 Å². The average molecular weight is 231 g/mol. The van der Waals surface area contributed by atoms with Gasteiger partial charge in [-0.2, -0.15) is 5.10 Å². The standard InChI is InChI=1S/C12H17N5/c13-12-5-6-17(15-12)8-7-16-9-14-10-3-1-2-4-11(10)16/h5-6,9H,1-4,7-8H2,(H2,13,15). The first-order valence-corrected chi connectivity index (χ1v) is 6.15. The van der Waals surface area contributed by atoms with Gasteiger partial charge in [0.25, 0.3) is 0 Å². The Bertz CT molecular complexity index is 511. The van der Waals surface area contributed by atoms with Crippen LogP contribution in [0.1, 0.15) is 24.2 Å². The van der Waals surface area contributed by atoms with Gasteiger partial charge in [-0.15, -0.1) is 0 Å². The van der Waals surface area contributed by atoms with Crippen molar-refractivity contribution in [3.63, 3.8) is 0 Å². The van der Waals surface area contributed by atoms with Gasteiger partial charge in [0.1, 0.15) is 5.82 Å². The van der Waals surface area contributed by atoms with E-state index in [0.717, 1.165) is 25.9 Å². The van der Waals surface area contributed by atoms with Crippen LogP contribution in [0.3, 0.4) is 0 Å². The molecule has 0 saturated carbocycles. The molecule has 0 aliphatic heterocycles. The van der Waals surface area contributed by atoms with Crippen molar-refractivity contribution in [1.29, 1.82) is 0 Å². The molecule has 2 aromatic heterocycles. The molecular weight excluding hydrogens is 214 g/mol. The maximum Gasteiger partial charge on any atom is 0.145 e. The molecule has 17 heavy (non-hydrogen) atoms. The quantitative estimate of drug-likeness (QED) is 0.864. The van der Waals surface area contributed by atoms with Crippen LogP contribution in [0.2, 0.25) is 0 Å². The molecule has 0 saturated heterocycles. The number of hydrogen-bond acceptors (Lipinski definition) is 3. The Morgan fingerprint density at radius 2 is 2.12 bits per heavy atom. The van der Waals surface area contributed by atoms with Crippen LogP contribution in [0.25, 0.3) is 0 Å². The van der Waals surface area contributed by atoms with Gasteiger partial charge in [0.2, 0.25) is 0 Å². The number of imidazole rings is 1. The molecule has 5 nitrogen and oxygen atoms in total. The van der Waals surface area contributed by atoms with E-state index in [4.69, 9.17) is 5.73 Å². The number of nitrogens with two attached hydrogens (primary N) is 1. The number of aryl methyl sites for hydroxylation is 3. The summed E-state index contributed by atoms with van der Waals surface area (Å²) in [4.78, 5) is 4.48. The fourth-order valence-electron chi connectivity index (χ4n) is 2.44. The van der Waals surface area contributed by atoms with Crippen LogP contribution < -0.4 is 5.73 Å². The van der Waals surface area contributed by atoms with E-state index < -0.39 is 0 Å². The van der Waals surface area contributed by atoms with Gasteiger partial charge < -0.3 is 10.3 Å². The first-order chi connectivity index (χ1) is 8.33. The Morgan fingerprint density at radius 1 is 1.24 bits per heavy atom. The van der Waals surface area contributed by atoms with Crippen LogP contribution >= 0.6 is 0 Å². The highest BCUT2D eigenvalue weighted by Gasteiger charge is 2.14. The molecule has 1 aliphatic carbocycles. The van der Waals surface area contributed by atoms with E-state index in [1.807, 2.05) is 23.3 Å². The van der Waals surface area contributed by atoms with E-state index in [2.05, 4.69) is 14.6 Å². The van der Waals surface area contributed by atoms with Crippen molar-refractivity contribution < 1.29 is 0 Å². The normalized spacial score (nSPS) is 14.8. The van der Waals surface area contributed by atoms with Crippen LogP contribution in [0.5, 0.6) is 0 Å². The van der Waals surface area contributed by atoms with Crippen LogP contribution in [-0.4, -0.2) is 19.3 Å². The second-order valence-electron chi connectivity index (χ2n) is 4.54. The number of anilines is 1. The van der Waals surface area contributed by atoms with E-state index in [9.17, 15) is 0 Å². The van der Waals surface area contributed by atoms with Gasteiger partial charge in [-0.25, -0.2) is 4.98 Å². The summed E-state index contributed by atoms with van der Waals surface area (Å²) >= 11 is 0. The van der Waals surface area contributed by atoms with Crippen molar-refractivity contribution in [2.75, 3.05) is 5.73 Å². The van der Waals surface area contributed by atoms with Crippen LogP contribution in [0.4, 0.5) is 5.82 Å². The summed E-state index contributed by atoms with van der Waals surface area (Å²) in [5, 5.41) is 4.18. The SMILES string of the molecule is Nc1ccn(CCn2cnc3c2CCCC3)n1. The minimum absolute atomic E-state index is 0.581. The molecule has 0 unspecified atom stereocenters. The number of nitrogens with zero attached hydrogens (tertiary/aromatic N) is 4. The molecule has 0 radical (unpaired) electrons. The minimum Gasteiger partial charge on any atom is -0.382 e. The number of hydrogen-bond donors (Lipinski definition) is 1. The molecule has 5 heteroatoms. The van der Waals surface area contributed by atoms with Crippen molar-refractivity contribution in [1.82, 2.24) is 19.3 Å². The third kappa shape index (κ3) is 2.05. The fraction of sp³-hybridized carbons (Fsp3) is 0.500. The molecule has 0 fully saturated rings. The first-order valence-electron chi connectivity index (χ1n) is 6.15. The summed E-state index contributed by atoms with van der Waals surface area (Å²) in [5.74, 6) is 0.581. The molecule has 0 atom stereocenters. The average Bonchev–Trinajstić information content (AvgIpc) is 2.93. The summed E-state index contributed by atoms with van der Waals surface area (Å²) < 4.78 is 4.14. The smallest absolute Gasteiger partial charge is 0.145 e. The molecule has 3 rings (SSSR count). The summed E-state index contributed by atoms with van der Waals surface area (Å²) in [6.07, 6.45) is 8.74. The predicted octanol–water partition coefficient (Wildman–Crippen LogP) is 1.24. The maximum atomic E-state index is 5.59. The zero-order valence-electron chi connectivity index (χ0n) is 9.84. The lowest BCUT2D eigenvalue weighted by atomic mass is 10.0. The van der Waals surface area contributed by atoms with Crippen LogP contribution in [-0.2, 0) is 25.9 Å². The number of rotatable bonds is 3. The first kappa shape index (κ1) is 10.4. The monoisotopic (exact) mass is 231 g/mol. The molecule has 0 amide bonds. The van der Waals surface area contributed by atoms with E-state index in [-0.39, 0.29) is 0 Å². The summed E-state index contributed by atoms with van der Waals surface area (Å²) in [6.45, 7) is 1.77. The van der Waals surface area contributed by atoms with E-state index in [1.165, 1.54) is 24.2 Å². The Morgan fingerprint density at radius 3 is 2.94 bits per heavy atom. The highest BCUT2D eigenvalue weighted by molar-refractivity contribution is 5.23. The Balaban J connectivity index is 1.71. The molecular formula is C12H17N5. The zero-order valence-corrected chi connectivity index (χ0v) is 9.84. The zero-order chi connectivity index (χ0) is 11.7. The van der Waals surface area contributed by atoms with Crippen molar-refractivity contribution in [2.24, 2.45) is 0 Å². The molecule has 0 spiro atoms. The number of nitrogen functional groups attached to an aromatic ring is 1. The third-order valence-electron chi connectivity index (χ3n) is 3.34. The maximum absolute atomic E-state index is 5.59. The van der Waals surface area contributed by atoms with Gasteiger partial charge in [-0.3, -0.25) is 4.68 Å². The number of aromatic nitrogens is 4. The Hall–Kier alpha value is -1.78. The molecule has 2 aromatic rings. The van der Waals surface area contributed by atoms with Crippen molar-refractivity contribution in [2.45, 2.75) is 38.8 Å². The van der Waals surface area contributed by atoms with Crippen molar-refractivity contribution in [3.05, 3.63) is 30.0 Å². The summed E-state index contributed by atoms with van der Waals surface area (Å²) in [5.41, 5.74) is 8.29. The largest absolute Gasteiger partial charge is 0.382 e. The summed E-state index contributed by atoms with van der Waals surface area (Å²) in [6, 6.07) is 1.82. The lowest BCUT2D eigenvalue weighted by molar-refractivity contribution is 0.514. The Kier molecular flexibility index (Phi) is 2.59. The lowest BCUT2D eigenvalue weighted by Gasteiger charge is -2.13. The fourth-order valence-corrected chi connectivity index (χ4v) is 2.44. The van der Waals surface area contributed by atoms with E-state index >= 15 is 0 Å². The molecule has 2 heterocycles. The van der Waals surface area contributed by atoms with Gasteiger partial charge >= 0.3 is 0 Å². The highest BCUT2D eigenvalue weighted by atomic mass is 15.3. The lowest BCUT2D eigenvalue weighted by Crippen LogP contribution is -2.12. The van der Waals surface area contributed by atoms with Crippen LogP contribution in [0.15, 0.2) is 18.6 Å². The molecule has 0 aromatic carbocycles. The molecule has 0 bridgehead atoms. The third-order valence-corrected chi connectivity index (χ3v) is 3.34. The van der Waals surface area contributed by atoms with E-state index in [1.54, 1.807) is 0 Å². The van der Waals surface area contributed by atoms with Gasteiger partial charge in [-0.1, -0.05) is 0 Å². The second-order valence-corrected chi connectivity index (χ2v) is 4.54. The van der Waals surface area contributed by atoms with Gasteiger partial charge in [-0.05, 0) is 31.7 Å². The molecule has 2 N–H and O–H groups in total. The van der Waals surface area contributed by atoms with Crippen LogP contribution in [0, 0.1) is 0 Å². The van der Waals surface area contributed by atoms with Crippen molar-refractivity contribution >= 4 is 5.82 Å². The molecule has 90 valence electrons. The summed E-state index contributed by atoms with van der Waals surface area (Å²) in [7, 11) is 0. The van der Waals surface area contributed by atoms with Gasteiger partial charge in [0, 0.05) is 18.4 Å². The minimum atomic E-state index is 0.581. The highest BCUT2D eigenvalue weighted by Crippen LogP contribution is 2.19. The topological polar surface area (TPSA) is 61.7 Å². The predicted molar refractivity (Wildman–Crippen MR) is 65.5 cm³/mol.